The van der Waals surface area contributed by atoms with Crippen LogP contribution in [-0.2, 0) is 14.3 Å². The molecule has 0 radical (unpaired) electrons. The first-order valence-electron chi connectivity index (χ1n) is 8.02. The summed E-state index contributed by atoms with van der Waals surface area (Å²) in [5.41, 5.74) is 1.55. The molecule has 0 heterocycles. The summed E-state index contributed by atoms with van der Waals surface area (Å²) in [6.45, 7) is 2.53. The third kappa shape index (κ3) is 5.46. The summed E-state index contributed by atoms with van der Waals surface area (Å²) in [6, 6.07) is 9.08. The first-order chi connectivity index (χ1) is 12.8. The maximum atomic E-state index is 12.1. The zero-order valence-electron chi connectivity index (χ0n) is 15.2. The van der Waals surface area contributed by atoms with E-state index in [0.717, 1.165) is 0 Å². The summed E-state index contributed by atoms with van der Waals surface area (Å²) in [6.07, 6.45) is 0. The molecule has 0 fully saturated rings. The van der Waals surface area contributed by atoms with Crippen molar-refractivity contribution in [1.82, 2.24) is 0 Å². The number of anilines is 2. The molecule has 0 spiro atoms. The Morgan fingerprint density at radius 3 is 2.44 bits per heavy atom. The number of methoxy groups -OCH3 is 1. The summed E-state index contributed by atoms with van der Waals surface area (Å²) >= 11 is 0. The number of amides is 2. The Labute approximate surface area is 156 Å². The number of phenols is 1. The van der Waals surface area contributed by atoms with Crippen LogP contribution in [-0.4, -0.2) is 36.6 Å². The molecule has 0 aromatic heterocycles. The Morgan fingerprint density at radius 1 is 1.07 bits per heavy atom. The Kier molecular flexibility index (Phi) is 6.37. The molecule has 3 N–H and O–H groups in total. The van der Waals surface area contributed by atoms with Crippen molar-refractivity contribution in [2.24, 2.45) is 0 Å². The standard InChI is InChI=1S/C19H20N2O6/c1-11-4-5-13(8-16(11)23)19(25)27-10-18(24)21-15-9-14(20-12(2)22)6-7-17(15)26-3/h4-9,23H,10H2,1-3H3,(H,20,22)(H,21,24). The van der Waals surface area contributed by atoms with Crippen LogP contribution in [0.25, 0.3) is 0 Å². The monoisotopic (exact) mass is 372 g/mol. The van der Waals surface area contributed by atoms with Crippen molar-refractivity contribution in [3.8, 4) is 11.5 Å². The second-order valence-corrected chi connectivity index (χ2v) is 5.72. The molecule has 8 heteroatoms. The Morgan fingerprint density at radius 2 is 1.81 bits per heavy atom. The number of carbonyl (C=O) groups excluding carboxylic acids is 3. The number of benzene rings is 2. The summed E-state index contributed by atoms with van der Waals surface area (Å²) in [5, 5.41) is 14.8. The minimum Gasteiger partial charge on any atom is -0.508 e. The van der Waals surface area contributed by atoms with Crippen LogP contribution >= 0.6 is 0 Å². The number of carbonyl (C=O) groups is 3. The van der Waals surface area contributed by atoms with Crippen LogP contribution in [0.2, 0.25) is 0 Å². The van der Waals surface area contributed by atoms with Crippen molar-refractivity contribution in [3.05, 3.63) is 47.5 Å². The number of rotatable bonds is 6. The minimum atomic E-state index is -0.737. The quantitative estimate of drug-likeness (QED) is 0.671. The molecule has 2 aromatic rings. The Bertz CT molecular complexity index is 878. The van der Waals surface area contributed by atoms with Crippen molar-refractivity contribution in [3.63, 3.8) is 0 Å². The molecule has 8 nitrogen and oxygen atoms in total. The van der Waals surface area contributed by atoms with Crippen LogP contribution in [0.4, 0.5) is 11.4 Å². The van der Waals surface area contributed by atoms with Crippen molar-refractivity contribution >= 4 is 29.2 Å². The van der Waals surface area contributed by atoms with Crippen molar-refractivity contribution in [1.29, 1.82) is 0 Å². The topological polar surface area (TPSA) is 114 Å². The molecular formula is C19H20N2O6. The molecule has 142 valence electrons. The number of phenolic OH excluding ortho intramolecular Hbond substituents is 1. The number of ether oxygens (including phenoxy) is 2. The fourth-order valence-electron chi connectivity index (χ4n) is 2.22. The first-order valence-corrected chi connectivity index (χ1v) is 8.02. The van der Waals surface area contributed by atoms with Crippen LogP contribution in [0.5, 0.6) is 11.5 Å². The van der Waals surface area contributed by atoms with Crippen LogP contribution in [0.3, 0.4) is 0 Å². The largest absolute Gasteiger partial charge is 0.508 e. The minimum absolute atomic E-state index is 0.0339. The third-order valence-electron chi connectivity index (χ3n) is 3.57. The summed E-state index contributed by atoms with van der Waals surface area (Å²) in [4.78, 5) is 35.2. The van der Waals surface area contributed by atoms with E-state index in [1.165, 1.54) is 32.2 Å². The van der Waals surface area contributed by atoms with Gasteiger partial charge in [-0.1, -0.05) is 6.07 Å². The molecule has 0 saturated carbocycles. The lowest BCUT2D eigenvalue weighted by Gasteiger charge is -2.12. The maximum Gasteiger partial charge on any atom is 0.338 e. The summed E-state index contributed by atoms with van der Waals surface area (Å²) in [5.74, 6) is -1.23. The van der Waals surface area contributed by atoms with E-state index in [9.17, 15) is 19.5 Å². The molecule has 2 amide bonds. The van der Waals surface area contributed by atoms with Gasteiger partial charge in [-0.3, -0.25) is 9.59 Å². The van der Waals surface area contributed by atoms with Gasteiger partial charge in [0, 0.05) is 12.6 Å². The van der Waals surface area contributed by atoms with Gasteiger partial charge < -0.3 is 25.2 Å². The van der Waals surface area contributed by atoms with E-state index in [2.05, 4.69) is 10.6 Å². The summed E-state index contributed by atoms with van der Waals surface area (Å²) in [7, 11) is 1.44. The molecule has 2 aromatic carbocycles. The van der Waals surface area contributed by atoms with E-state index in [-0.39, 0.29) is 17.2 Å². The molecule has 0 aliphatic heterocycles. The van der Waals surface area contributed by atoms with Gasteiger partial charge in [0.05, 0.1) is 18.4 Å². The molecule has 0 saturated heterocycles. The van der Waals surface area contributed by atoms with Crippen LogP contribution in [0.1, 0.15) is 22.8 Å². The number of hydrogen-bond acceptors (Lipinski definition) is 6. The molecule has 0 bridgehead atoms. The average Bonchev–Trinajstić information content (AvgIpc) is 2.61. The molecule has 27 heavy (non-hydrogen) atoms. The highest BCUT2D eigenvalue weighted by atomic mass is 16.5. The van der Waals surface area contributed by atoms with Gasteiger partial charge in [0.25, 0.3) is 5.91 Å². The molecular weight excluding hydrogens is 352 g/mol. The van der Waals surface area contributed by atoms with E-state index in [4.69, 9.17) is 9.47 Å². The van der Waals surface area contributed by atoms with Gasteiger partial charge in [-0.05, 0) is 42.8 Å². The van der Waals surface area contributed by atoms with Gasteiger partial charge >= 0.3 is 5.97 Å². The number of esters is 1. The number of nitrogens with one attached hydrogen (secondary N) is 2. The van der Waals surface area contributed by atoms with Crippen molar-refractivity contribution < 1.29 is 29.0 Å². The van der Waals surface area contributed by atoms with Gasteiger partial charge in [-0.25, -0.2) is 4.79 Å². The second kappa shape index (κ2) is 8.70. The van der Waals surface area contributed by atoms with Gasteiger partial charge in [0.15, 0.2) is 6.61 Å². The Balaban J connectivity index is 2.01. The van der Waals surface area contributed by atoms with E-state index < -0.39 is 18.5 Å². The predicted octanol–water partition coefficient (Wildman–Crippen LogP) is 2.46. The molecule has 0 atom stereocenters. The SMILES string of the molecule is COc1ccc(NC(C)=O)cc1NC(=O)COC(=O)c1ccc(C)c(O)c1. The molecule has 2 rings (SSSR count). The zero-order valence-corrected chi connectivity index (χ0v) is 15.2. The normalized spacial score (nSPS) is 10.0. The fraction of sp³-hybridized carbons (Fsp3) is 0.211. The van der Waals surface area contributed by atoms with E-state index >= 15 is 0 Å². The zero-order chi connectivity index (χ0) is 20.0. The van der Waals surface area contributed by atoms with Crippen molar-refractivity contribution in [2.75, 3.05) is 24.4 Å². The molecule has 0 unspecified atom stereocenters. The van der Waals surface area contributed by atoms with Crippen molar-refractivity contribution in [2.45, 2.75) is 13.8 Å². The van der Waals surface area contributed by atoms with E-state index in [1.54, 1.807) is 25.1 Å². The van der Waals surface area contributed by atoms with Gasteiger partial charge in [0.2, 0.25) is 5.91 Å². The van der Waals surface area contributed by atoms with E-state index in [0.29, 0.717) is 22.7 Å². The smallest absolute Gasteiger partial charge is 0.338 e. The summed E-state index contributed by atoms with van der Waals surface area (Å²) < 4.78 is 10.1. The lowest BCUT2D eigenvalue weighted by Crippen LogP contribution is -2.21. The van der Waals surface area contributed by atoms with Crippen LogP contribution < -0.4 is 15.4 Å². The van der Waals surface area contributed by atoms with Gasteiger partial charge in [0.1, 0.15) is 11.5 Å². The van der Waals surface area contributed by atoms with Crippen LogP contribution in [0.15, 0.2) is 36.4 Å². The Hall–Kier alpha value is -3.55. The van der Waals surface area contributed by atoms with E-state index in [1.807, 2.05) is 0 Å². The predicted molar refractivity (Wildman–Crippen MR) is 99.1 cm³/mol. The molecule has 0 aliphatic rings. The number of aryl methyl sites for hydroxylation is 1. The van der Waals surface area contributed by atoms with Gasteiger partial charge in [-0.2, -0.15) is 0 Å². The first kappa shape index (κ1) is 19.8. The number of aromatic hydroxyl groups is 1. The average molecular weight is 372 g/mol. The highest BCUT2D eigenvalue weighted by Gasteiger charge is 2.14. The lowest BCUT2D eigenvalue weighted by atomic mass is 10.1. The van der Waals surface area contributed by atoms with Gasteiger partial charge in [-0.15, -0.1) is 0 Å². The number of hydrogen-bond donors (Lipinski definition) is 3. The second-order valence-electron chi connectivity index (χ2n) is 5.72. The highest BCUT2D eigenvalue weighted by molar-refractivity contribution is 5.97. The highest BCUT2D eigenvalue weighted by Crippen LogP contribution is 2.27. The fourth-order valence-corrected chi connectivity index (χ4v) is 2.22. The lowest BCUT2D eigenvalue weighted by molar-refractivity contribution is -0.119. The van der Waals surface area contributed by atoms with Crippen LogP contribution in [0, 0.1) is 6.92 Å². The molecule has 0 aliphatic carbocycles. The third-order valence-corrected chi connectivity index (χ3v) is 3.57. The maximum absolute atomic E-state index is 12.1.